The van der Waals surface area contributed by atoms with Gasteiger partial charge in [-0.25, -0.2) is 4.68 Å². The molecular weight excluding hydrogens is 366 g/mol. The van der Waals surface area contributed by atoms with Crippen molar-refractivity contribution in [2.24, 2.45) is 0 Å². The molecule has 4 rings (SSSR count). The number of para-hydroxylation sites is 2. The van der Waals surface area contributed by atoms with Gasteiger partial charge in [0.05, 0.1) is 18.5 Å². The first kappa shape index (κ1) is 18.9. The minimum absolute atomic E-state index is 0.149. The fraction of sp³-hybridized carbons (Fsp3) is 0.261. The molecule has 1 aliphatic carbocycles. The zero-order valence-electron chi connectivity index (χ0n) is 16.4. The highest BCUT2D eigenvalue weighted by molar-refractivity contribution is 5.92. The average Bonchev–Trinajstić information content (AvgIpc) is 2.76. The molecule has 1 aliphatic rings. The Morgan fingerprint density at radius 2 is 1.72 bits per heavy atom. The Labute approximate surface area is 169 Å². The quantitative estimate of drug-likeness (QED) is 0.726. The molecule has 0 aliphatic heterocycles. The summed E-state index contributed by atoms with van der Waals surface area (Å²) in [5, 5.41) is 7.40. The number of nitrogens with zero attached hydrogens (tertiary/aromatic N) is 2. The van der Waals surface area contributed by atoms with Crippen LogP contribution < -0.4 is 15.6 Å². The van der Waals surface area contributed by atoms with E-state index in [0.29, 0.717) is 11.4 Å². The van der Waals surface area contributed by atoms with Gasteiger partial charge in [-0.15, -0.1) is 0 Å². The van der Waals surface area contributed by atoms with Gasteiger partial charge in [0.1, 0.15) is 12.3 Å². The van der Waals surface area contributed by atoms with Gasteiger partial charge >= 0.3 is 0 Å². The van der Waals surface area contributed by atoms with Crippen molar-refractivity contribution in [2.75, 3.05) is 12.4 Å². The predicted molar refractivity (Wildman–Crippen MR) is 112 cm³/mol. The number of carbonyl (C=O) groups excluding carboxylic acids is 1. The summed E-state index contributed by atoms with van der Waals surface area (Å²) in [6, 6.07) is 17.0. The third-order valence-corrected chi connectivity index (χ3v) is 5.19. The third-order valence-electron chi connectivity index (χ3n) is 5.19. The van der Waals surface area contributed by atoms with Crippen LogP contribution in [0, 0.1) is 0 Å². The van der Waals surface area contributed by atoms with Crippen LogP contribution >= 0.6 is 0 Å². The molecule has 1 aromatic heterocycles. The number of anilines is 1. The molecule has 0 spiro atoms. The van der Waals surface area contributed by atoms with Gasteiger partial charge in [0, 0.05) is 11.1 Å². The van der Waals surface area contributed by atoms with E-state index in [0.717, 1.165) is 48.1 Å². The molecule has 6 nitrogen and oxygen atoms in total. The van der Waals surface area contributed by atoms with Crippen LogP contribution in [-0.2, 0) is 24.2 Å². The fourth-order valence-corrected chi connectivity index (χ4v) is 3.79. The van der Waals surface area contributed by atoms with Crippen molar-refractivity contribution < 1.29 is 9.53 Å². The van der Waals surface area contributed by atoms with Crippen molar-refractivity contribution in [3.63, 3.8) is 0 Å². The number of nitrogens with one attached hydrogen (secondary N) is 1. The maximum atomic E-state index is 13.0. The van der Waals surface area contributed by atoms with Crippen LogP contribution in [0.15, 0.2) is 59.4 Å². The van der Waals surface area contributed by atoms with Crippen molar-refractivity contribution in [1.29, 1.82) is 0 Å². The van der Waals surface area contributed by atoms with Gasteiger partial charge in [-0.2, -0.15) is 5.10 Å². The first-order chi connectivity index (χ1) is 14.2. The van der Waals surface area contributed by atoms with Crippen molar-refractivity contribution in [1.82, 2.24) is 9.78 Å². The van der Waals surface area contributed by atoms with Gasteiger partial charge in [-0.3, -0.25) is 9.59 Å². The zero-order chi connectivity index (χ0) is 20.2. The molecular formula is C23H23N3O3. The molecule has 0 radical (unpaired) electrons. The number of ether oxygens (including phenoxy) is 1. The smallest absolute Gasteiger partial charge is 0.270 e. The molecule has 3 aromatic rings. The third kappa shape index (κ3) is 3.92. The van der Waals surface area contributed by atoms with Crippen LogP contribution in [0.5, 0.6) is 5.75 Å². The summed E-state index contributed by atoms with van der Waals surface area (Å²) in [4.78, 5) is 25.7. The molecule has 1 N–H and O–H groups in total. The van der Waals surface area contributed by atoms with Crippen LogP contribution in [0.2, 0.25) is 0 Å². The van der Waals surface area contributed by atoms with E-state index in [1.54, 1.807) is 19.2 Å². The Kier molecular flexibility index (Phi) is 5.42. The number of fused-ring (bicyclic) bond motifs is 1. The summed E-state index contributed by atoms with van der Waals surface area (Å²) in [5.41, 5.74) is 3.96. The summed E-state index contributed by atoms with van der Waals surface area (Å²) >= 11 is 0. The van der Waals surface area contributed by atoms with E-state index in [-0.39, 0.29) is 18.0 Å². The van der Waals surface area contributed by atoms with E-state index in [9.17, 15) is 9.59 Å². The average molecular weight is 389 g/mol. The predicted octanol–water partition coefficient (Wildman–Crippen LogP) is 3.44. The first-order valence-electron chi connectivity index (χ1n) is 9.78. The van der Waals surface area contributed by atoms with E-state index >= 15 is 0 Å². The first-order valence-corrected chi connectivity index (χ1v) is 9.78. The maximum absolute atomic E-state index is 13.0. The van der Waals surface area contributed by atoms with Crippen LogP contribution in [-0.4, -0.2) is 22.8 Å². The van der Waals surface area contributed by atoms with Gasteiger partial charge < -0.3 is 10.1 Å². The highest BCUT2D eigenvalue weighted by atomic mass is 16.5. The second-order valence-corrected chi connectivity index (χ2v) is 7.09. The lowest BCUT2D eigenvalue weighted by atomic mass is 9.90. The zero-order valence-corrected chi connectivity index (χ0v) is 16.4. The molecule has 0 saturated heterocycles. The largest absolute Gasteiger partial charge is 0.495 e. The molecule has 0 bridgehead atoms. The molecule has 29 heavy (non-hydrogen) atoms. The van der Waals surface area contributed by atoms with Crippen molar-refractivity contribution in [2.45, 2.75) is 32.2 Å². The lowest BCUT2D eigenvalue weighted by molar-refractivity contribution is -0.117. The van der Waals surface area contributed by atoms with Crippen molar-refractivity contribution in [3.05, 3.63) is 76.1 Å². The Balaban J connectivity index is 1.69. The lowest BCUT2D eigenvalue weighted by Gasteiger charge is -2.20. The lowest BCUT2D eigenvalue weighted by Crippen LogP contribution is -2.34. The topological polar surface area (TPSA) is 73.2 Å². The number of carbonyl (C=O) groups is 1. The molecule has 0 unspecified atom stereocenters. The Morgan fingerprint density at radius 1 is 1.03 bits per heavy atom. The second kappa shape index (κ2) is 8.31. The highest BCUT2D eigenvalue weighted by Crippen LogP contribution is 2.28. The molecule has 148 valence electrons. The SMILES string of the molecule is COc1ccccc1NC(=O)Cn1nc(-c2ccccc2)c2c(c1=O)CCCC2. The molecule has 1 heterocycles. The van der Waals surface area contributed by atoms with Gasteiger partial charge in [0.15, 0.2) is 0 Å². The minimum atomic E-state index is -0.320. The number of rotatable bonds is 5. The molecule has 0 fully saturated rings. The van der Waals surface area contributed by atoms with Crippen LogP contribution in [0.1, 0.15) is 24.0 Å². The van der Waals surface area contributed by atoms with Crippen molar-refractivity contribution in [3.8, 4) is 17.0 Å². The normalized spacial score (nSPS) is 12.9. The van der Waals surface area contributed by atoms with E-state index in [4.69, 9.17) is 4.74 Å². The summed E-state index contributed by atoms with van der Waals surface area (Å²) in [5.74, 6) is 0.246. The monoisotopic (exact) mass is 389 g/mol. The van der Waals surface area contributed by atoms with E-state index < -0.39 is 0 Å². The number of hydrogen-bond donors (Lipinski definition) is 1. The summed E-state index contributed by atoms with van der Waals surface area (Å²) in [6.07, 6.45) is 3.60. The van der Waals surface area contributed by atoms with Gasteiger partial charge in [-0.05, 0) is 43.4 Å². The van der Waals surface area contributed by atoms with Crippen LogP contribution in [0.3, 0.4) is 0 Å². The fourth-order valence-electron chi connectivity index (χ4n) is 3.79. The highest BCUT2D eigenvalue weighted by Gasteiger charge is 2.22. The number of benzene rings is 2. The summed E-state index contributed by atoms with van der Waals surface area (Å²) in [7, 11) is 1.55. The molecule has 6 heteroatoms. The summed E-state index contributed by atoms with van der Waals surface area (Å²) in [6.45, 7) is -0.149. The number of methoxy groups -OCH3 is 1. The Morgan fingerprint density at radius 3 is 2.48 bits per heavy atom. The van der Waals surface area contributed by atoms with E-state index in [1.807, 2.05) is 42.5 Å². The molecule has 1 amide bonds. The second-order valence-electron chi connectivity index (χ2n) is 7.09. The molecule has 0 atom stereocenters. The van der Waals surface area contributed by atoms with Gasteiger partial charge in [-0.1, -0.05) is 42.5 Å². The van der Waals surface area contributed by atoms with Gasteiger partial charge in [0.2, 0.25) is 5.91 Å². The maximum Gasteiger partial charge on any atom is 0.270 e. The van der Waals surface area contributed by atoms with Gasteiger partial charge in [0.25, 0.3) is 5.56 Å². The summed E-state index contributed by atoms with van der Waals surface area (Å²) < 4.78 is 6.56. The number of amides is 1. The molecule has 0 saturated carbocycles. The van der Waals surface area contributed by atoms with Crippen molar-refractivity contribution >= 4 is 11.6 Å². The van der Waals surface area contributed by atoms with E-state index in [2.05, 4.69) is 10.4 Å². The standard InChI is InChI=1S/C23H23N3O3/c1-29-20-14-8-7-13-19(20)24-21(27)15-26-23(28)18-12-6-5-11-17(18)22(25-26)16-9-3-2-4-10-16/h2-4,7-10,13-14H,5-6,11-12,15H2,1H3,(H,24,27). The number of hydrogen-bond acceptors (Lipinski definition) is 4. The Bertz CT molecular complexity index is 1090. The van der Waals surface area contributed by atoms with E-state index in [1.165, 1.54) is 4.68 Å². The molecule has 2 aromatic carbocycles. The Hall–Kier alpha value is -3.41. The minimum Gasteiger partial charge on any atom is -0.495 e. The van der Waals surface area contributed by atoms with Crippen LogP contribution in [0.25, 0.3) is 11.3 Å². The van der Waals surface area contributed by atoms with Crippen LogP contribution in [0.4, 0.5) is 5.69 Å². The number of aromatic nitrogens is 2.